The number of alkyl halides is 6. The van der Waals surface area contributed by atoms with Crippen LogP contribution in [0.4, 0.5) is 26.3 Å². The van der Waals surface area contributed by atoms with Gasteiger partial charge in [0.05, 0.1) is 0 Å². The van der Waals surface area contributed by atoms with Crippen molar-refractivity contribution in [2.45, 2.75) is 12.5 Å². The van der Waals surface area contributed by atoms with Gasteiger partial charge < -0.3 is 9.14 Å². The topological polar surface area (TPSA) is 26.5 Å². The Morgan fingerprint density at radius 2 is 1.67 bits per heavy atom. The van der Waals surface area contributed by atoms with E-state index < -0.39 is 24.0 Å². The molecule has 1 aromatic carbocycles. The van der Waals surface area contributed by atoms with Crippen LogP contribution in [0.2, 0.25) is 0 Å². The van der Waals surface area contributed by atoms with Gasteiger partial charge in [-0.3, -0.25) is 0 Å². The van der Waals surface area contributed by atoms with E-state index in [1.54, 1.807) is 0 Å². The number of hydrogen-bond acceptors (Lipinski definition) is 2. The van der Waals surface area contributed by atoms with E-state index in [9.17, 15) is 26.3 Å². The lowest BCUT2D eigenvalue weighted by molar-refractivity contribution is -0.274. The van der Waals surface area contributed by atoms with Crippen LogP contribution >= 0.6 is 0 Å². The molecule has 0 unspecified atom stereocenters. The summed E-state index contributed by atoms with van der Waals surface area (Å²) in [4.78, 5) is 3.45. The molecule has 2 heterocycles. The Hall–Kier alpha value is -2.71. The van der Waals surface area contributed by atoms with Crippen LogP contribution in [-0.4, -0.2) is 15.7 Å². The average molecular weight is 346 g/mol. The van der Waals surface area contributed by atoms with Gasteiger partial charge in [-0.2, -0.15) is 13.2 Å². The van der Waals surface area contributed by atoms with Crippen LogP contribution in [0.1, 0.15) is 5.69 Å². The minimum Gasteiger partial charge on any atom is -0.405 e. The molecule has 3 aromatic rings. The number of rotatable bonds is 2. The Kier molecular flexibility index (Phi) is 3.66. The van der Waals surface area contributed by atoms with Gasteiger partial charge in [-0.25, -0.2) is 4.98 Å². The maximum atomic E-state index is 12.7. The maximum Gasteiger partial charge on any atom is 0.573 e. The lowest BCUT2D eigenvalue weighted by atomic mass is 10.1. The highest BCUT2D eigenvalue weighted by Gasteiger charge is 2.34. The Bertz CT molecular complexity index is 882. The third-order valence-corrected chi connectivity index (χ3v) is 3.17. The fourth-order valence-electron chi connectivity index (χ4n) is 2.20. The van der Waals surface area contributed by atoms with Crippen molar-refractivity contribution >= 4 is 5.65 Å². The molecule has 0 aliphatic carbocycles. The number of nitrogens with zero attached hydrogens (tertiary/aromatic N) is 2. The van der Waals surface area contributed by atoms with Gasteiger partial charge in [-0.15, -0.1) is 13.2 Å². The molecule has 2 aromatic heterocycles. The minimum atomic E-state index is -4.88. The number of imidazole rings is 1. The molecular formula is C15H8F6N2O. The number of pyridine rings is 1. The van der Waals surface area contributed by atoms with Crippen molar-refractivity contribution in [1.29, 1.82) is 0 Å². The second-order valence-electron chi connectivity index (χ2n) is 4.85. The zero-order chi connectivity index (χ0) is 17.5. The summed E-state index contributed by atoms with van der Waals surface area (Å²) in [5.74, 6) is -0.447. The summed E-state index contributed by atoms with van der Waals surface area (Å²) in [6.45, 7) is 0. The number of hydrogen-bond donors (Lipinski definition) is 0. The van der Waals surface area contributed by atoms with Crippen LogP contribution in [0.5, 0.6) is 5.75 Å². The number of fused-ring (bicyclic) bond motifs is 1. The predicted octanol–water partition coefficient (Wildman–Crippen LogP) is 4.92. The van der Waals surface area contributed by atoms with Crippen molar-refractivity contribution in [2.24, 2.45) is 0 Å². The van der Waals surface area contributed by atoms with Crippen LogP contribution < -0.4 is 4.74 Å². The van der Waals surface area contributed by atoms with E-state index >= 15 is 0 Å². The van der Waals surface area contributed by atoms with E-state index in [2.05, 4.69) is 9.72 Å². The van der Waals surface area contributed by atoms with Crippen LogP contribution in [0, 0.1) is 0 Å². The molecule has 0 N–H and O–H groups in total. The Morgan fingerprint density at radius 1 is 0.958 bits per heavy atom. The highest BCUT2D eigenvalue weighted by Crippen LogP contribution is 2.35. The van der Waals surface area contributed by atoms with Gasteiger partial charge in [0.1, 0.15) is 11.4 Å². The third kappa shape index (κ3) is 3.29. The molecule has 0 spiro atoms. The molecule has 0 amide bonds. The first kappa shape index (κ1) is 16.2. The van der Waals surface area contributed by atoms with Gasteiger partial charge in [-0.05, 0) is 23.8 Å². The summed E-state index contributed by atoms with van der Waals surface area (Å²) >= 11 is 0. The molecule has 0 aliphatic rings. The lowest BCUT2D eigenvalue weighted by Crippen LogP contribution is -2.17. The molecule has 0 bridgehead atoms. The van der Waals surface area contributed by atoms with Gasteiger partial charge in [0.2, 0.25) is 0 Å². The van der Waals surface area contributed by atoms with Gasteiger partial charge in [-0.1, -0.05) is 18.2 Å². The van der Waals surface area contributed by atoms with Crippen molar-refractivity contribution < 1.29 is 31.1 Å². The van der Waals surface area contributed by atoms with Crippen LogP contribution in [0.15, 0.2) is 48.8 Å². The molecule has 3 nitrogen and oxygen atoms in total. The highest BCUT2D eigenvalue weighted by atomic mass is 19.4. The third-order valence-electron chi connectivity index (χ3n) is 3.17. The lowest BCUT2D eigenvalue weighted by Gasteiger charge is -2.13. The molecule has 0 atom stereocenters. The van der Waals surface area contributed by atoms with E-state index in [4.69, 9.17) is 0 Å². The van der Waals surface area contributed by atoms with Crippen LogP contribution in [0.3, 0.4) is 0 Å². The zero-order valence-electron chi connectivity index (χ0n) is 11.7. The number of para-hydroxylation sites is 1. The number of halogens is 6. The van der Waals surface area contributed by atoms with Gasteiger partial charge in [0.15, 0.2) is 5.69 Å². The quantitative estimate of drug-likeness (QED) is 0.616. The number of benzene rings is 1. The second kappa shape index (κ2) is 5.43. The van der Waals surface area contributed by atoms with Crippen LogP contribution in [-0.2, 0) is 6.18 Å². The fraction of sp³-hybridized carbons (Fsp3) is 0.133. The predicted molar refractivity (Wildman–Crippen MR) is 72.3 cm³/mol. The maximum absolute atomic E-state index is 12.7. The Morgan fingerprint density at radius 3 is 2.33 bits per heavy atom. The molecule has 3 rings (SSSR count). The first-order chi connectivity index (χ1) is 11.1. The molecular weight excluding hydrogens is 338 g/mol. The Labute approximate surface area is 131 Å². The van der Waals surface area contributed by atoms with Gasteiger partial charge in [0, 0.05) is 18.0 Å². The van der Waals surface area contributed by atoms with Crippen molar-refractivity contribution in [2.75, 3.05) is 0 Å². The Balaban J connectivity index is 2.07. The zero-order valence-corrected chi connectivity index (χ0v) is 11.7. The second-order valence-corrected chi connectivity index (χ2v) is 4.85. The summed E-state index contributed by atoms with van der Waals surface area (Å²) in [7, 11) is 0. The van der Waals surface area contributed by atoms with Crippen molar-refractivity contribution in [3.05, 3.63) is 54.5 Å². The first-order valence-electron chi connectivity index (χ1n) is 6.54. The molecule has 0 saturated heterocycles. The first-order valence-corrected chi connectivity index (χ1v) is 6.54. The van der Waals surface area contributed by atoms with Crippen molar-refractivity contribution in [1.82, 2.24) is 9.38 Å². The van der Waals surface area contributed by atoms with Gasteiger partial charge >= 0.3 is 12.5 Å². The fourth-order valence-corrected chi connectivity index (χ4v) is 2.20. The number of aromatic nitrogens is 2. The summed E-state index contributed by atoms with van der Waals surface area (Å²) in [6, 6.07) is 8.00. The largest absolute Gasteiger partial charge is 0.573 e. The van der Waals surface area contributed by atoms with E-state index in [1.807, 2.05) is 0 Å². The average Bonchev–Trinajstić information content (AvgIpc) is 2.89. The number of ether oxygens (including phenoxy) is 1. The molecule has 9 heteroatoms. The summed E-state index contributed by atoms with van der Waals surface area (Å²) in [5, 5.41) is 0. The molecule has 126 valence electrons. The molecule has 0 aliphatic heterocycles. The van der Waals surface area contributed by atoms with E-state index in [0.29, 0.717) is 0 Å². The SMILES string of the molecule is FC(F)(F)Oc1ccccc1-c1ccn2cc(C(F)(F)F)nc2c1. The molecule has 0 radical (unpaired) electrons. The summed E-state index contributed by atoms with van der Waals surface area (Å²) < 4.78 is 80.5. The summed E-state index contributed by atoms with van der Waals surface area (Å²) in [6.07, 6.45) is -7.39. The van der Waals surface area contributed by atoms with Crippen LogP contribution in [0.25, 0.3) is 16.8 Å². The molecule has 0 saturated carbocycles. The van der Waals surface area contributed by atoms with Crippen molar-refractivity contribution in [3.8, 4) is 16.9 Å². The normalized spacial score (nSPS) is 12.6. The van der Waals surface area contributed by atoms with Gasteiger partial charge in [0.25, 0.3) is 0 Å². The molecule has 0 fully saturated rings. The smallest absolute Gasteiger partial charge is 0.405 e. The summed E-state index contributed by atoms with van der Waals surface area (Å²) in [5.41, 5.74) is -0.781. The molecule has 24 heavy (non-hydrogen) atoms. The van der Waals surface area contributed by atoms with E-state index in [0.717, 1.165) is 16.7 Å². The highest BCUT2D eigenvalue weighted by molar-refractivity contribution is 5.73. The monoisotopic (exact) mass is 346 g/mol. The van der Waals surface area contributed by atoms with Crippen molar-refractivity contribution in [3.63, 3.8) is 0 Å². The standard InChI is InChI=1S/C15H8F6N2O/c16-14(17,18)12-8-23-6-5-9(7-13(23)22-12)10-3-1-2-4-11(10)24-15(19,20)21/h1-8H. The minimum absolute atomic E-state index is 0.0402. The van der Waals surface area contributed by atoms with E-state index in [-0.39, 0.29) is 16.8 Å². The van der Waals surface area contributed by atoms with E-state index in [1.165, 1.54) is 36.5 Å².